The number of para-hydroxylation sites is 1. The highest BCUT2D eigenvalue weighted by atomic mass is 16.5. The number of rotatable bonds is 6. The average Bonchev–Trinajstić information content (AvgIpc) is 2.59. The van der Waals surface area contributed by atoms with Gasteiger partial charge in [0.1, 0.15) is 18.0 Å². The number of hydrogen-bond acceptors (Lipinski definition) is 3. The van der Waals surface area contributed by atoms with Crippen LogP contribution in [-0.4, -0.2) is 29.9 Å². The molecule has 0 amide bonds. The van der Waals surface area contributed by atoms with Crippen LogP contribution in [-0.2, 0) is 6.42 Å². The molecule has 3 rings (SSSR count). The summed E-state index contributed by atoms with van der Waals surface area (Å²) >= 11 is 0. The van der Waals surface area contributed by atoms with E-state index in [4.69, 9.17) is 4.74 Å². The molecule has 0 unspecified atom stereocenters. The Balaban J connectivity index is 1.50. The van der Waals surface area contributed by atoms with Crippen molar-refractivity contribution >= 4 is 0 Å². The van der Waals surface area contributed by atoms with Crippen LogP contribution < -0.4 is 10.1 Å². The van der Waals surface area contributed by atoms with Crippen LogP contribution in [0.5, 0.6) is 5.75 Å². The van der Waals surface area contributed by atoms with Crippen molar-refractivity contribution in [3.63, 3.8) is 0 Å². The van der Waals surface area contributed by atoms with Crippen LogP contribution >= 0.6 is 0 Å². The molecular weight excluding hydrogens is 298 g/mol. The lowest BCUT2D eigenvalue weighted by molar-refractivity contribution is -0.0151. The largest absolute Gasteiger partial charge is 0.488 e. The Morgan fingerprint density at radius 3 is 2.71 bits per heavy atom. The smallest absolute Gasteiger partial charge is 0.126 e. The van der Waals surface area contributed by atoms with Gasteiger partial charge in [0.25, 0.3) is 0 Å². The second-order valence-electron chi connectivity index (χ2n) is 6.69. The van der Waals surface area contributed by atoms with Crippen molar-refractivity contribution in [2.75, 3.05) is 6.54 Å². The Morgan fingerprint density at radius 2 is 1.92 bits per heavy atom. The first kappa shape index (κ1) is 17.0. The molecule has 128 valence electrons. The van der Waals surface area contributed by atoms with Crippen LogP contribution in [0.15, 0.2) is 54.6 Å². The van der Waals surface area contributed by atoms with Crippen LogP contribution in [0.4, 0.5) is 0 Å². The fourth-order valence-corrected chi connectivity index (χ4v) is 3.43. The van der Waals surface area contributed by atoms with Gasteiger partial charge in [-0.15, -0.1) is 0 Å². The first-order chi connectivity index (χ1) is 11.7. The summed E-state index contributed by atoms with van der Waals surface area (Å²) in [5.74, 6) is 0.835. The number of aliphatic hydroxyl groups is 1. The molecule has 2 N–H and O–H groups in total. The molecule has 2 aromatic rings. The molecule has 0 bridgehead atoms. The van der Waals surface area contributed by atoms with Crippen LogP contribution in [0.1, 0.15) is 30.4 Å². The maximum Gasteiger partial charge on any atom is 0.126 e. The van der Waals surface area contributed by atoms with E-state index in [9.17, 15) is 5.11 Å². The molecular formula is C21H27NO2. The highest BCUT2D eigenvalue weighted by Gasteiger charge is 2.32. The Labute approximate surface area is 144 Å². The van der Waals surface area contributed by atoms with E-state index >= 15 is 0 Å². The van der Waals surface area contributed by atoms with Gasteiger partial charge in [-0.2, -0.15) is 0 Å². The summed E-state index contributed by atoms with van der Waals surface area (Å²) in [7, 11) is 0. The summed E-state index contributed by atoms with van der Waals surface area (Å²) in [4.78, 5) is 0. The predicted molar refractivity (Wildman–Crippen MR) is 97.4 cm³/mol. The monoisotopic (exact) mass is 325 g/mol. The standard InChI is InChI=1S/C21H27NO2/c1-16-7-5-8-17(15-16)13-14-22-19-11-6-12-20(21(19)23)24-18-9-3-2-4-10-18/h2-5,7-10,15,19-23H,6,11-14H2,1H3/t19-,20+,21+/m0/s1. The maximum absolute atomic E-state index is 10.6. The Kier molecular flexibility index (Phi) is 5.89. The fourth-order valence-electron chi connectivity index (χ4n) is 3.43. The molecule has 0 aliphatic heterocycles. The molecule has 1 saturated carbocycles. The van der Waals surface area contributed by atoms with E-state index in [-0.39, 0.29) is 12.1 Å². The Bertz CT molecular complexity index is 629. The van der Waals surface area contributed by atoms with Gasteiger partial charge in [0.15, 0.2) is 0 Å². The van der Waals surface area contributed by atoms with Crippen molar-refractivity contribution in [3.8, 4) is 5.75 Å². The zero-order valence-corrected chi connectivity index (χ0v) is 14.3. The van der Waals surface area contributed by atoms with Crippen molar-refractivity contribution in [2.45, 2.75) is 50.9 Å². The minimum Gasteiger partial charge on any atom is -0.488 e. The average molecular weight is 325 g/mol. The minimum atomic E-state index is -0.462. The number of ether oxygens (including phenoxy) is 1. The van der Waals surface area contributed by atoms with Gasteiger partial charge < -0.3 is 15.2 Å². The highest BCUT2D eigenvalue weighted by Crippen LogP contribution is 2.24. The number of aliphatic hydroxyl groups excluding tert-OH is 1. The third kappa shape index (κ3) is 4.59. The van der Waals surface area contributed by atoms with E-state index in [0.717, 1.165) is 38.0 Å². The summed E-state index contributed by atoms with van der Waals surface area (Å²) in [5.41, 5.74) is 2.63. The van der Waals surface area contributed by atoms with E-state index in [1.165, 1.54) is 11.1 Å². The van der Waals surface area contributed by atoms with Crippen molar-refractivity contribution in [3.05, 3.63) is 65.7 Å². The molecule has 3 heteroatoms. The molecule has 3 atom stereocenters. The maximum atomic E-state index is 10.6. The molecule has 0 spiro atoms. The predicted octanol–water partition coefficient (Wildman–Crippen LogP) is 3.49. The lowest BCUT2D eigenvalue weighted by Crippen LogP contribution is -2.51. The first-order valence-corrected chi connectivity index (χ1v) is 8.91. The van der Waals surface area contributed by atoms with Gasteiger partial charge >= 0.3 is 0 Å². The number of nitrogens with one attached hydrogen (secondary N) is 1. The molecule has 2 aromatic carbocycles. The Hall–Kier alpha value is -1.84. The van der Waals surface area contributed by atoms with Gasteiger partial charge in [-0.25, -0.2) is 0 Å². The second kappa shape index (κ2) is 8.32. The zero-order chi connectivity index (χ0) is 16.8. The van der Waals surface area contributed by atoms with Crippen molar-refractivity contribution < 1.29 is 9.84 Å². The van der Waals surface area contributed by atoms with Gasteiger partial charge in [-0.1, -0.05) is 48.0 Å². The first-order valence-electron chi connectivity index (χ1n) is 8.91. The van der Waals surface area contributed by atoms with Crippen LogP contribution in [0.25, 0.3) is 0 Å². The number of aryl methyl sites for hydroxylation is 1. The lowest BCUT2D eigenvalue weighted by Gasteiger charge is -2.35. The highest BCUT2D eigenvalue weighted by molar-refractivity contribution is 5.23. The molecule has 1 fully saturated rings. The molecule has 0 aromatic heterocycles. The van der Waals surface area contributed by atoms with Crippen LogP contribution in [0.3, 0.4) is 0 Å². The van der Waals surface area contributed by atoms with E-state index in [1.807, 2.05) is 30.3 Å². The molecule has 0 radical (unpaired) electrons. The Morgan fingerprint density at radius 1 is 1.08 bits per heavy atom. The second-order valence-corrected chi connectivity index (χ2v) is 6.69. The summed E-state index contributed by atoms with van der Waals surface area (Å²) in [6, 6.07) is 18.5. The summed E-state index contributed by atoms with van der Waals surface area (Å²) in [6.45, 7) is 3.00. The molecule has 3 nitrogen and oxygen atoms in total. The lowest BCUT2D eigenvalue weighted by atomic mass is 9.89. The molecule has 24 heavy (non-hydrogen) atoms. The summed E-state index contributed by atoms with van der Waals surface area (Å²) < 4.78 is 5.99. The van der Waals surface area contributed by atoms with Crippen molar-refractivity contribution in [2.24, 2.45) is 0 Å². The normalized spacial score (nSPS) is 23.8. The van der Waals surface area contributed by atoms with Gasteiger partial charge in [-0.05, 0) is 56.8 Å². The molecule has 0 heterocycles. The van der Waals surface area contributed by atoms with Crippen LogP contribution in [0, 0.1) is 6.92 Å². The van der Waals surface area contributed by atoms with Gasteiger partial charge in [-0.3, -0.25) is 0 Å². The third-order valence-electron chi connectivity index (χ3n) is 4.73. The fraction of sp³-hybridized carbons (Fsp3) is 0.429. The molecule has 0 saturated heterocycles. The zero-order valence-electron chi connectivity index (χ0n) is 14.3. The van der Waals surface area contributed by atoms with Crippen LogP contribution in [0.2, 0.25) is 0 Å². The topological polar surface area (TPSA) is 41.5 Å². The van der Waals surface area contributed by atoms with Gasteiger partial charge in [0, 0.05) is 6.04 Å². The van der Waals surface area contributed by atoms with E-state index in [0.29, 0.717) is 0 Å². The van der Waals surface area contributed by atoms with Gasteiger partial charge in [0.2, 0.25) is 0 Å². The van der Waals surface area contributed by atoms with Gasteiger partial charge in [0.05, 0.1) is 0 Å². The molecule has 1 aliphatic rings. The summed E-state index contributed by atoms with van der Waals surface area (Å²) in [6.07, 6.45) is 3.38. The quantitative estimate of drug-likeness (QED) is 0.854. The minimum absolute atomic E-state index is 0.109. The van der Waals surface area contributed by atoms with Crippen molar-refractivity contribution in [1.29, 1.82) is 0 Å². The van der Waals surface area contributed by atoms with E-state index < -0.39 is 6.10 Å². The number of benzene rings is 2. The number of hydrogen-bond donors (Lipinski definition) is 2. The van der Waals surface area contributed by atoms with E-state index in [1.54, 1.807) is 0 Å². The third-order valence-corrected chi connectivity index (χ3v) is 4.73. The van der Waals surface area contributed by atoms with Crippen molar-refractivity contribution in [1.82, 2.24) is 5.32 Å². The van der Waals surface area contributed by atoms with E-state index in [2.05, 4.69) is 36.5 Å². The molecule has 1 aliphatic carbocycles. The summed E-state index contributed by atoms with van der Waals surface area (Å²) in [5, 5.41) is 14.2. The SMILES string of the molecule is Cc1cccc(CCN[C@H]2CCC[C@@H](Oc3ccccc3)[C@@H]2O)c1.